The molecule has 0 aliphatic heterocycles. The SMILES string of the molecule is CCN(CC(N)=O)c1ccc(CO)cc1Cl. The fourth-order valence-electron chi connectivity index (χ4n) is 1.46. The van der Waals surface area contributed by atoms with Crippen LogP contribution in [-0.4, -0.2) is 24.1 Å². The quantitative estimate of drug-likeness (QED) is 0.814. The van der Waals surface area contributed by atoms with Crippen molar-refractivity contribution in [3.63, 3.8) is 0 Å². The lowest BCUT2D eigenvalue weighted by molar-refractivity contribution is -0.116. The van der Waals surface area contributed by atoms with Crippen molar-refractivity contribution in [2.24, 2.45) is 5.73 Å². The Morgan fingerprint density at radius 1 is 1.56 bits per heavy atom. The molecule has 0 saturated carbocycles. The van der Waals surface area contributed by atoms with E-state index in [0.717, 1.165) is 11.3 Å². The summed E-state index contributed by atoms with van der Waals surface area (Å²) < 4.78 is 0. The van der Waals surface area contributed by atoms with E-state index in [0.29, 0.717) is 11.6 Å². The molecule has 0 radical (unpaired) electrons. The molecule has 1 rings (SSSR count). The summed E-state index contributed by atoms with van der Waals surface area (Å²) in [7, 11) is 0. The maximum Gasteiger partial charge on any atom is 0.236 e. The van der Waals surface area contributed by atoms with Gasteiger partial charge in [0.15, 0.2) is 0 Å². The van der Waals surface area contributed by atoms with Gasteiger partial charge in [0.05, 0.1) is 23.9 Å². The van der Waals surface area contributed by atoms with Crippen LogP contribution < -0.4 is 10.6 Å². The predicted molar refractivity (Wildman–Crippen MR) is 64.5 cm³/mol. The van der Waals surface area contributed by atoms with Gasteiger partial charge in [-0.1, -0.05) is 17.7 Å². The molecule has 16 heavy (non-hydrogen) atoms. The molecule has 1 aromatic carbocycles. The highest BCUT2D eigenvalue weighted by molar-refractivity contribution is 6.33. The van der Waals surface area contributed by atoms with Crippen molar-refractivity contribution in [1.82, 2.24) is 0 Å². The van der Waals surface area contributed by atoms with E-state index in [9.17, 15) is 4.79 Å². The third kappa shape index (κ3) is 3.12. The summed E-state index contributed by atoms with van der Waals surface area (Å²) in [5, 5.41) is 9.46. The Hall–Kier alpha value is -1.26. The Kier molecular flexibility index (Phi) is 4.58. The number of carbonyl (C=O) groups excluding carboxylic acids is 1. The van der Waals surface area contributed by atoms with Gasteiger partial charge in [-0.05, 0) is 24.6 Å². The minimum atomic E-state index is -0.399. The summed E-state index contributed by atoms with van der Waals surface area (Å²) in [4.78, 5) is 12.7. The second kappa shape index (κ2) is 5.72. The van der Waals surface area contributed by atoms with Crippen molar-refractivity contribution in [2.75, 3.05) is 18.0 Å². The van der Waals surface area contributed by atoms with E-state index in [-0.39, 0.29) is 13.2 Å². The highest BCUT2D eigenvalue weighted by Gasteiger charge is 2.11. The number of nitrogens with zero attached hydrogens (tertiary/aromatic N) is 1. The van der Waals surface area contributed by atoms with Crippen molar-refractivity contribution in [3.8, 4) is 0 Å². The van der Waals surface area contributed by atoms with E-state index in [2.05, 4.69) is 0 Å². The zero-order chi connectivity index (χ0) is 12.1. The van der Waals surface area contributed by atoms with Gasteiger partial charge in [0.25, 0.3) is 0 Å². The number of primary amides is 1. The van der Waals surface area contributed by atoms with Crippen LogP contribution in [-0.2, 0) is 11.4 Å². The number of likely N-dealkylation sites (N-methyl/N-ethyl adjacent to an activating group) is 1. The zero-order valence-electron chi connectivity index (χ0n) is 9.11. The lowest BCUT2D eigenvalue weighted by Crippen LogP contribution is -2.33. The Morgan fingerprint density at radius 3 is 2.69 bits per heavy atom. The number of amides is 1. The maximum atomic E-state index is 10.9. The third-order valence-corrected chi connectivity index (χ3v) is 2.57. The molecule has 1 amide bonds. The monoisotopic (exact) mass is 242 g/mol. The van der Waals surface area contributed by atoms with Gasteiger partial charge in [0.1, 0.15) is 0 Å². The number of halogens is 1. The summed E-state index contributed by atoms with van der Waals surface area (Å²) in [5.41, 5.74) is 6.64. The molecule has 0 aliphatic carbocycles. The maximum absolute atomic E-state index is 10.9. The summed E-state index contributed by atoms with van der Waals surface area (Å²) >= 11 is 6.06. The Bertz CT molecular complexity index is 382. The lowest BCUT2D eigenvalue weighted by Gasteiger charge is -2.22. The number of rotatable bonds is 5. The molecule has 0 fully saturated rings. The van der Waals surface area contributed by atoms with E-state index in [1.54, 1.807) is 23.1 Å². The Morgan fingerprint density at radius 2 is 2.25 bits per heavy atom. The average molecular weight is 243 g/mol. The van der Waals surface area contributed by atoms with Gasteiger partial charge >= 0.3 is 0 Å². The highest BCUT2D eigenvalue weighted by Crippen LogP contribution is 2.26. The highest BCUT2D eigenvalue weighted by atomic mass is 35.5. The Balaban J connectivity index is 2.96. The molecular formula is C11H15ClN2O2. The minimum Gasteiger partial charge on any atom is -0.392 e. The second-order valence-corrected chi connectivity index (χ2v) is 3.83. The van der Waals surface area contributed by atoms with E-state index in [1.165, 1.54) is 0 Å². The first kappa shape index (κ1) is 12.8. The summed E-state index contributed by atoms with van der Waals surface area (Å²) in [6.45, 7) is 2.64. The fraction of sp³-hybridized carbons (Fsp3) is 0.364. The number of nitrogens with two attached hydrogens (primary N) is 1. The molecule has 3 N–H and O–H groups in total. The lowest BCUT2D eigenvalue weighted by atomic mass is 10.2. The van der Waals surface area contributed by atoms with Crippen molar-refractivity contribution in [2.45, 2.75) is 13.5 Å². The molecule has 88 valence electrons. The molecular weight excluding hydrogens is 228 g/mol. The first-order valence-corrected chi connectivity index (χ1v) is 5.38. The number of aliphatic hydroxyl groups is 1. The van der Waals surface area contributed by atoms with Gasteiger partial charge in [0, 0.05) is 6.54 Å². The van der Waals surface area contributed by atoms with E-state index < -0.39 is 5.91 Å². The van der Waals surface area contributed by atoms with Crippen LogP contribution in [0.15, 0.2) is 18.2 Å². The largest absolute Gasteiger partial charge is 0.392 e. The zero-order valence-corrected chi connectivity index (χ0v) is 9.87. The van der Waals surface area contributed by atoms with Crippen molar-refractivity contribution in [1.29, 1.82) is 0 Å². The molecule has 5 heteroatoms. The van der Waals surface area contributed by atoms with Crippen LogP contribution in [0.25, 0.3) is 0 Å². The summed E-state index contributed by atoms with van der Waals surface area (Å²) in [6, 6.07) is 5.23. The van der Waals surface area contributed by atoms with Gasteiger partial charge in [-0.25, -0.2) is 0 Å². The first-order valence-electron chi connectivity index (χ1n) is 5.01. The van der Waals surface area contributed by atoms with Gasteiger partial charge in [-0.15, -0.1) is 0 Å². The van der Waals surface area contributed by atoms with Crippen LogP contribution in [0.1, 0.15) is 12.5 Å². The standard InChI is InChI=1S/C11H15ClN2O2/c1-2-14(6-11(13)16)10-4-3-8(7-15)5-9(10)12/h3-5,15H,2,6-7H2,1H3,(H2,13,16). The normalized spacial score (nSPS) is 10.2. The molecule has 0 heterocycles. The van der Waals surface area contributed by atoms with Crippen LogP contribution in [0.4, 0.5) is 5.69 Å². The molecule has 4 nitrogen and oxygen atoms in total. The summed E-state index contributed by atoms with van der Waals surface area (Å²) in [5.74, 6) is -0.399. The van der Waals surface area contributed by atoms with Crippen molar-refractivity contribution >= 4 is 23.2 Å². The first-order chi connectivity index (χ1) is 7.58. The number of aliphatic hydroxyl groups excluding tert-OH is 1. The molecule has 0 aromatic heterocycles. The minimum absolute atomic E-state index is 0.0536. The second-order valence-electron chi connectivity index (χ2n) is 3.42. The van der Waals surface area contributed by atoms with Crippen LogP contribution in [0, 0.1) is 0 Å². The van der Waals surface area contributed by atoms with Gasteiger partial charge in [0.2, 0.25) is 5.91 Å². The van der Waals surface area contributed by atoms with Gasteiger partial charge in [-0.3, -0.25) is 4.79 Å². The Labute approximate surface area is 99.6 Å². The van der Waals surface area contributed by atoms with Crippen LogP contribution in [0.3, 0.4) is 0 Å². The predicted octanol–water partition coefficient (Wildman–Crippen LogP) is 1.14. The van der Waals surface area contributed by atoms with E-state index in [4.69, 9.17) is 22.4 Å². The van der Waals surface area contributed by atoms with E-state index in [1.807, 2.05) is 6.92 Å². The fourth-order valence-corrected chi connectivity index (χ4v) is 1.78. The van der Waals surface area contributed by atoms with Crippen molar-refractivity contribution < 1.29 is 9.90 Å². The molecule has 0 spiro atoms. The number of carbonyl (C=O) groups is 1. The van der Waals surface area contributed by atoms with E-state index >= 15 is 0 Å². The number of anilines is 1. The number of hydrogen-bond acceptors (Lipinski definition) is 3. The van der Waals surface area contributed by atoms with Crippen LogP contribution >= 0.6 is 11.6 Å². The molecule has 0 bridgehead atoms. The number of benzene rings is 1. The average Bonchev–Trinajstić information content (AvgIpc) is 2.25. The molecule has 1 aromatic rings. The summed E-state index contributed by atoms with van der Waals surface area (Å²) in [6.07, 6.45) is 0. The van der Waals surface area contributed by atoms with Gasteiger partial charge in [-0.2, -0.15) is 0 Å². The third-order valence-electron chi connectivity index (χ3n) is 2.26. The van der Waals surface area contributed by atoms with Crippen LogP contribution in [0.5, 0.6) is 0 Å². The molecule has 0 aliphatic rings. The number of hydrogen-bond donors (Lipinski definition) is 2. The van der Waals surface area contributed by atoms with Gasteiger partial charge < -0.3 is 15.7 Å². The molecule has 0 saturated heterocycles. The van der Waals surface area contributed by atoms with Crippen molar-refractivity contribution in [3.05, 3.63) is 28.8 Å². The van der Waals surface area contributed by atoms with Crippen LogP contribution in [0.2, 0.25) is 5.02 Å². The topological polar surface area (TPSA) is 66.6 Å². The molecule has 0 atom stereocenters. The smallest absolute Gasteiger partial charge is 0.236 e. The molecule has 0 unspecified atom stereocenters.